The number of carbonyl (C=O) groups is 2. The van der Waals surface area contributed by atoms with Crippen molar-refractivity contribution in [2.45, 2.75) is 70.6 Å². The highest BCUT2D eigenvalue weighted by Gasteiger charge is 2.59. The third-order valence-electron chi connectivity index (χ3n) is 6.96. The number of amides is 2. The number of fused-ring (bicyclic) bond motifs is 2. The Morgan fingerprint density at radius 1 is 1.11 bits per heavy atom. The second-order valence-corrected chi connectivity index (χ2v) is 8.64. The molecule has 1 aromatic carbocycles. The lowest BCUT2D eigenvalue weighted by Crippen LogP contribution is -2.62. The molecule has 3 fully saturated rings. The Hall–Kier alpha value is -2.24. The van der Waals surface area contributed by atoms with Crippen molar-refractivity contribution in [1.29, 1.82) is 0 Å². The summed E-state index contributed by atoms with van der Waals surface area (Å²) in [6.07, 6.45) is 3.65. The maximum Gasteiger partial charge on any atom is 0.246 e. The van der Waals surface area contributed by atoms with E-state index in [0.717, 1.165) is 36.3 Å². The molecule has 0 unspecified atom stereocenters. The summed E-state index contributed by atoms with van der Waals surface area (Å²) in [5.74, 6) is 1.66. The average Bonchev–Trinajstić information content (AvgIpc) is 3.28. The summed E-state index contributed by atoms with van der Waals surface area (Å²) in [5.41, 5.74) is 0.877. The molecule has 1 saturated carbocycles. The summed E-state index contributed by atoms with van der Waals surface area (Å²) in [6, 6.07) is 5.32. The minimum atomic E-state index is -0.378. The summed E-state index contributed by atoms with van der Waals surface area (Å²) >= 11 is 0. The van der Waals surface area contributed by atoms with Gasteiger partial charge in [-0.3, -0.25) is 9.59 Å². The van der Waals surface area contributed by atoms with Gasteiger partial charge in [0.1, 0.15) is 12.1 Å². The van der Waals surface area contributed by atoms with Gasteiger partial charge in [-0.05, 0) is 55.7 Å². The third-order valence-corrected chi connectivity index (χ3v) is 6.96. The predicted molar refractivity (Wildman–Crippen MR) is 98.3 cm³/mol. The zero-order valence-corrected chi connectivity index (χ0v) is 16.1. The maximum absolute atomic E-state index is 13.4. The normalized spacial score (nSPS) is 35.0. The Morgan fingerprint density at radius 2 is 1.85 bits per heavy atom. The van der Waals surface area contributed by atoms with Crippen LogP contribution >= 0.6 is 0 Å². The summed E-state index contributed by atoms with van der Waals surface area (Å²) in [4.78, 5) is 30.4. The molecular formula is C21H26N2O4. The minimum absolute atomic E-state index is 0.0753. The van der Waals surface area contributed by atoms with Crippen LogP contribution in [0.1, 0.15) is 58.1 Å². The first kappa shape index (κ1) is 16.9. The highest BCUT2D eigenvalue weighted by molar-refractivity contribution is 5.98. The van der Waals surface area contributed by atoms with Crippen LogP contribution in [-0.2, 0) is 9.59 Å². The van der Waals surface area contributed by atoms with Gasteiger partial charge in [-0.1, -0.05) is 19.9 Å². The van der Waals surface area contributed by atoms with E-state index in [1.807, 2.05) is 34.9 Å². The lowest BCUT2D eigenvalue weighted by atomic mass is 9.76. The van der Waals surface area contributed by atoms with Gasteiger partial charge in [-0.15, -0.1) is 0 Å². The van der Waals surface area contributed by atoms with Gasteiger partial charge in [0.2, 0.25) is 18.6 Å². The second-order valence-electron chi connectivity index (χ2n) is 8.64. The summed E-state index contributed by atoms with van der Waals surface area (Å²) in [7, 11) is 0. The van der Waals surface area contributed by atoms with Crippen LogP contribution in [-0.4, -0.2) is 46.5 Å². The quantitative estimate of drug-likeness (QED) is 0.821. The van der Waals surface area contributed by atoms with E-state index in [9.17, 15) is 9.59 Å². The van der Waals surface area contributed by atoms with Gasteiger partial charge in [-0.2, -0.15) is 0 Å². The lowest BCUT2D eigenvalue weighted by molar-refractivity contribution is -0.161. The molecule has 1 aliphatic carbocycles. The van der Waals surface area contributed by atoms with Crippen LogP contribution in [0, 0.1) is 5.41 Å². The Kier molecular flexibility index (Phi) is 3.52. The molecule has 0 aromatic heterocycles. The van der Waals surface area contributed by atoms with Gasteiger partial charge < -0.3 is 19.3 Å². The second kappa shape index (κ2) is 5.63. The number of nitrogens with zero attached hydrogens (tertiary/aromatic N) is 2. The van der Waals surface area contributed by atoms with Crippen molar-refractivity contribution >= 4 is 11.8 Å². The average molecular weight is 370 g/mol. The fourth-order valence-corrected chi connectivity index (χ4v) is 5.18. The van der Waals surface area contributed by atoms with Crippen molar-refractivity contribution in [2.24, 2.45) is 5.41 Å². The van der Waals surface area contributed by atoms with Crippen molar-refractivity contribution < 1.29 is 19.1 Å². The molecule has 144 valence electrons. The fraction of sp³-hybridized carbons (Fsp3) is 0.619. The molecule has 2 amide bonds. The fourth-order valence-electron chi connectivity index (χ4n) is 5.18. The topological polar surface area (TPSA) is 59.1 Å². The van der Waals surface area contributed by atoms with Crippen LogP contribution in [0.15, 0.2) is 18.2 Å². The maximum atomic E-state index is 13.4. The summed E-state index contributed by atoms with van der Waals surface area (Å²) < 4.78 is 11.0. The zero-order valence-electron chi connectivity index (χ0n) is 16.1. The van der Waals surface area contributed by atoms with Gasteiger partial charge in [-0.25, -0.2) is 0 Å². The van der Waals surface area contributed by atoms with Gasteiger partial charge >= 0.3 is 0 Å². The number of hydrogen-bond donors (Lipinski definition) is 0. The van der Waals surface area contributed by atoms with Crippen LogP contribution in [0.5, 0.6) is 11.5 Å². The molecule has 2 saturated heterocycles. The SMILES string of the molecule is CC[C@]1(C)C[C@H]2C(=O)N(C3CC3)[C@H](C)C(=O)N2[C@H]1c1ccc2c(c1)OCO2. The molecule has 6 heteroatoms. The van der Waals surface area contributed by atoms with E-state index in [1.54, 1.807) is 0 Å². The molecule has 4 atom stereocenters. The van der Waals surface area contributed by atoms with E-state index in [-0.39, 0.29) is 48.2 Å². The van der Waals surface area contributed by atoms with Crippen LogP contribution < -0.4 is 9.47 Å². The molecule has 0 spiro atoms. The number of piperazine rings is 1. The van der Waals surface area contributed by atoms with E-state index in [1.165, 1.54) is 0 Å². The Morgan fingerprint density at radius 3 is 2.56 bits per heavy atom. The number of carbonyl (C=O) groups excluding carboxylic acids is 2. The van der Waals surface area contributed by atoms with E-state index in [4.69, 9.17) is 9.47 Å². The molecule has 1 aromatic rings. The van der Waals surface area contributed by atoms with Gasteiger partial charge in [0, 0.05) is 6.04 Å². The molecule has 0 bridgehead atoms. The number of ether oxygens (including phenoxy) is 2. The minimum Gasteiger partial charge on any atom is -0.454 e. The van der Waals surface area contributed by atoms with Crippen molar-refractivity contribution in [2.75, 3.05) is 6.79 Å². The van der Waals surface area contributed by atoms with Crippen LogP contribution in [0.4, 0.5) is 0 Å². The molecule has 6 nitrogen and oxygen atoms in total. The molecule has 3 heterocycles. The molecule has 4 aliphatic rings. The molecule has 5 rings (SSSR count). The molecule has 27 heavy (non-hydrogen) atoms. The predicted octanol–water partition coefficient (Wildman–Crippen LogP) is 2.87. The first-order chi connectivity index (χ1) is 12.9. The van der Waals surface area contributed by atoms with E-state index >= 15 is 0 Å². The van der Waals surface area contributed by atoms with Crippen molar-refractivity contribution in [3.05, 3.63) is 23.8 Å². The van der Waals surface area contributed by atoms with E-state index in [0.29, 0.717) is 6.42 Å². The smallest absolute Gasteiger partial charge is 0.246 e. The lowest BCUT2D eigenvalue weighted by Gasteiger charge is -2.44. The third kappa shape index (κ3) is 2.31. The largest absolute Gasteiger partial charge is 0.454 e. The Labute approximate surface area is 159 Å². The number of benzene rings is 1. The van der Waals surface area contributed by atoms with E-state index < -0.39 is 0 Å². The number of rotatable bonds is 3. The Balaban J connectivity index is 1.58. The molecule has 3 aliphatic heterocycles. The van der Waals surface area contributed by atoms with Crippen molar-refractivity contribution in [3.63, 3.8) is 0 Å². The van der Waals surface area contributed by atoms with Crippen LogP contribution in [0.3, 0.4) is 0 Å². The monoisotopic (exact) mass is 370 g/mol. The highest BCUT2D eigenvalue weighted by Crippen LogP contribution is 2.55. The van der Waals surface area contributed by atoms with Gasteiger partial charge in [0.15, 0.2) is 11.5 Å². The van der Waals surface area contributed by atoms with Gasteiger partial charge in [0.05, 0.1) is 6.04 Å². The molecular weight excluding hydrogens is 344 g/mol. The summed E-state index contributed by atoms with van der Waals surface area (Å²) in [5, 5.41) is 0. The Bertz CT molecular complexity index is 820. The first-order valence-electron chi connectivity index (χ1n) is 9.98. The molecule has 0 N–H and O–H groups in total. The van der Waals surface area contributed by atoms with Crippen molar-refractivity contribution in [3.8, 4) is 11.5 Å². The number of hydrogen-bond acceptors (Lipinski definition) is 4. The van der Waals surface area contributed by atoms with Crippen molar-refractivity contribution in [1.82, 2.24) is 9.80 Å². The highest BCUT2D eigenvalue weighted by atomic mass is 16.7. The standard InChI is InChI=1S/C21H26N2O4/c1-4-21(3)10-15-20(25)22(14-6-7-14)12(2)19(24)23(15)18(21)13-5-8-16-17(9-13)27-11-26-16/h5,8-9,12,14-15,18H,4,6-7,10-11H2,1-3H3/t12-,15+,18+,21-/m1/s1. The first-order valence-corrected chi connectivity index (χ1v) is 9.98. The van der Waals surface area contributed by atoms with E-state index in [2.05, 4.69) is 13.8 Å². The summed E-state index contributed by atoms with van der Waals surface area (Å²) in [6.45, 7) is 6.46. The van der Waals surface area contributed by atoms with Crippen LogP contribution in [0.2, 0.25) is 0 Å². The molecule has 0 radical (unpaired) electrons. The zero-order chi connectivity index (χ0) is 18.9. The van der Waals surface area contributed by atoms with Crippen LogP contribution in [0.25, 0.3) is 0 Å². The van der Waals surface area contributed by atoms with Gasteiger partial charge in [0.25, 0.3) is 0 Å².